The second-order valence-corrected chi connectivity index (χ2v) is 8.48. The number of pyridine rings is 1. The topological polar surface area (TPSA) is 65.5 Å². The molecule has 1 heterocycles. The number of ether oxygens (including phenoxy) is 2. The van der Waals surface area contributed by atoms with Crippen LogP contribution in [0.15, 0.2) is 78.9 Å². The maximum Gasteiger partial charge on any atom is 0.339 e. The number of methoxy groups -OCH3 is 1. The Morgan fingerprint density at radius 3 is 2.50 bits per heavy atom. The van der Waals surface area contributed by atoms with Gasteiger partial charge in [-0.05, 0) is 54.5 Å². The molecule has 0 aliphatic heterocycles. The molecule has 34 heavy (non-hydrogen) atoms. The Morgan fingerprint density at radius 2 is 1.68 bits per heavy atom. The fourth-order valence-electron chi connectivity index (χ4n) is 4.79. The Balaban J connectivity index is 1.47. The Bertz CT molecular complexity index is 1360. The Kier molecular flexibility index (Phi) is 6.09. The molecular formula is C29H25NO4. The molecule has 1 atom stereocenters. The van der Waals surface area contributed by atoms with Gasteiger partial charge in [-0.25, -0.2) is 4.79 Å². The number of para-hydroxylation sites is 2. The van der Waals surface area contributed by atoms with Gasteiger partial charge in [0.2, 0.25) is 5.78 Å². The Hall–Kier alpha value is -3.99. The number of Topliss-reactive ketones (excluding diaryl/α,β-unsaturated/α-hetero) is 1. The van der Waals surface area contributed by atoms with Gasteiger partial charge in [0.25, 0.3) is 0 Å². The van der Waals surface area contributed by atoms with Crippen molar-refractivity contribution in [3.05, 3.63) is 107 Å². The van der Waals surface area contributed by atoms with E-state index >= 15 is 0 Å². The molecule has 0 spiro atoms. The predicted molar refractivity (Wildman–Crippen MR) is 131 cm³/mol. The molecule has 3 aromatic carbocycles. The number of fused-ring (bicyclic) bond motifs is 2. The van der Waals surface area contributed by atoms with Crippen molar-refractivity contribution in [1.29, 1.82) is 0 Å². The zero-order valence-corrected chi connectivity index (χ0v) is 19.0. The van der Waals surface area contributed by atoms with Gasteiger partial charge in [0.1, 0.15) is 5.75 Å². The van der Waals surface area contributed by atoms with Gasteiger partial charge in [0.05, 0.1) is 23.8 Å². The molecule has 0 radical (unpaired) electrons. The minimum absolute atomic E-state index is 0.304. The highest BCUT2D eigenvalue weighted by Crippen LogP contribution is 2.36. The maximum atomic E-state index is 13.4. The average molecular weight is 452 g/mol. The van der Waals surface area contributed by atoms with E-state index in [1.54, 1.807) is 24.3 Å². The summed E-state index contributed by atoms with van der Waals surface area (Å²) in [5.41, 5.74) is 4.80. The number of hydrogen-bond donors (Lipinski definition) is 0. The lowest BCUT2D eigenvalue weighted by atomic mass is 9.80. The van der Waals surface area contributed by atoms with Gasteiger partial charge in [-0.2, -0.15) is 0 Å². The summed E-state index contributed by atoms with van der Waals surface area (Å²) < 4.78 is 10.9. The molecule has 0 saturated carbocycles. The minimum atomic E-state index is -0.494. The minimum Gasteiger partial charge on any atom is -0.496 e. The third-order valence-corrected chi connectivity index (χ3v) is 6.48. The van der Waals surface area contributed by atoms with Crippen LogP contribution >= 0.6 is 0 Å². The first-order valence-electron chi connectivity index (χ1n) is 11.4. The number of aromatic nitrogens is 1. The van der Waals surface area contributed by atoms with Gasteiger partial charge in [0, 0.05) is 11.1 Å². The highest BCUT2D eigenvalue weighted by atomic mass is 16.5. The number of ketones is 1. The van der Waals surface area contributed by atoms with E-state index in [1.807, 2.05) is 42.5 Å². The van der Waals surface area contributed by atoms with Gasteiger partial charge >= 0.3 is 5.97 Å². The van der Waals surface area contributed by atoms with E-state index in [9.17, 15) is 9.59 Å². The third-order valence-electron chi connectivity index (χ3n) is 6.48. The Morgan fingerprint density at radius 1 is 0.941 bits per heavy atom. The van der Waals surface area contributed by atoms with Crippen LogP contribution in [0.2, 0.25) is 0 Å². The van der Waals surface area contributed by atoms with E-state index < -0.39 is 5.97 Å². The standard InChI is InChI=1S/C29H25NO4/c1-33-27-14-8-6-12-22(27)26(31)18-34-29(32)28-21-11-5-7-13-24(21)30-25-16-15-20(17-23(25)28)19-9-3-2-4-10-19/h2-14,20H,15-18H2,1H3/t20-/m1/s1. The first kappa shape index (κ1) is 21.8. The molecule has 1 aliphatic carbocycles. The zero-order chi connectivity index (χ0) is 23.5. The smallest absolute Gasteiger partial charge is 0.339 e. The molecule has 170 valence electrons. The molecule has 1 aromatic heterocycles. The van der Waals surface area contributed by atoms with Crippen molar-refractivity contribution >= 4 is 22.7 Å². The summed E-state index contributed by atoms with van der Waals surface area (Å²) in [4.78, 5) is 31.1. The number of aryl methyl sites for hydroxylation is 1. The average Bonchev–Trinajstić information content (AvgIpc) is 2.90. The van der Waals surface area contributed by atoms with Crippen molar-refractivity contribution < 1.29 is 19.1 Å². The molecule has 0 saturated heterocycles. The van der Waals surface area contributed by atoms with Crippen LogP contribution in [-0.4, -0.2) is 30.5 Å². The lowest BCUT2D eigenvalue weighted by Crippen LogP contribution is -2.21. The second-order valence-electron chi connectivity index (χ2n) is 8.48. The number of rotatable bonds is 6. The first-order valence-corrected chi connectivity index (χ1v) is 11.4. The summed E-state index contributed by atoms with van der Waals surface area (Å²) >= 11 is 0. The molecular weight excluding hydrogens is 426 g/mol. The number of hydrogen-bond acceptors (Lipinski definition) is 5. The number of carbonyl (C=O) groups excluding carboxylic acids is 2. The molecule has 5 nitrogen and oxygen atoms in total. The van der Waals surface area contributed by atoms with E-state index in [4.69, 9.17) is 14.5 Å². The molecule has 0 N–H and O–H groups in total. The van der Waals surface area contributed by atoms with Gasteiger partial charge in [0.15, 0.2) is 6.61 Å². The highest BCUT2D eigenvalue weighted by molar-refractivity contribution is 6.07. The monoisotopic (exact) mass is 451 g/mol. The molecule has 1 aliphatic rings. The molecule has 5 heteroatoms. The lowest BCUT2D eigenvalue weighted by molar-refractivity contribution is 0.0474. The fourth-order valence-corrected chi connectivity index (χ4v) is 4.79. The normalized spacial score (nSPS) is 14.9. The molecule has 5 rings (SSSR count). The SMILES string of the molecule is COc1ccccc1C(=O)COC(=O)c1c2c(nc3ccccc13)CC[C@@H](c1ccccc1)C2. The van der Waals surface area contributed by atoms with Crippen molar-refractivity contribution in [1.82, 2.24) is 4.98 Å². The van der Waals surface area contributed by atoms with Crippen LogP contribution in [-0.2, 0) is 17.6 Å². The summed E-state index contributed by atoms with van der Waals surface area (Å²) in [6.45, 7) is -0.354. The number of nitrogens with zero attached hydrogens (tertiary/aromatic N) is 1. The zero-order valence-electron chi connectivity index (χ0n) is 19.0. The molecule has 4 aromatic rings. The van der Waals surface area contributed by atoms with Crippen LogP contribution < -0.4 is 4.74 Å². The van der Waals surface area contributed by atoms with E-state index in [0.29, 0.717) is 29.2 Å². The van der Waals surface area contributed by atoms with E-state index in [2.05, 4.69) is 12.1 Å². The largest absolute Gasteiger partial charge is 0.496 e. The predicted octanol–water partition coefficient (Wildman–Crippen LogP) is 5.56. The number of esters is 1. The number of carbonyl (C=O) groups is 2. The van der Waals surface area contributed by atoms with E-state index in [1.165, 1.54) is 12.7 Å². The van der Waals surface area contributed by atoms with Gasteiger partial charge in [-0.1, -0.05) is 60.7 Å². The van der Waals surface area contributed by atoms with Crippen LogP contribution in [0.3, 0.4) is 0 Å². The van der Waals surface area contributed by atoms with Crippen molar-refractivity contribution in [2.75, 3.05) is 13.7 Å². The summed E-state index contributed by atoms with van der Waals surface area (Å²) in [6, 6.07) is 24.9. The van der Waals surface area contributed by atoms with Crippen LogP contribution in [0, 0.1) is 0 Å². The van der Waals surface area contributed by atoms with E-state index in [0.717, 1.165) is 35.0 Å². The van der Waals surface area contributed by atoms with E-state index in [-0.39, 0.29) is 12.4 Å². The first-order chi connectivity index (χ1) is 16.7. The summed E-state index contributed by atoms with van der Waals surface area (Å²) in [5, 5.41) is 0.754. The van der Waals surface area contributed by atoms with Crippen molar-refractivity contribution in [3.8, 4) is 5.75 Å². The van der Waals surface area contributed by atoms with Crippen molar-refractivity contribution in [2.45, 2.75) is 25.2 Å². The molecule has 0 fully saturated rings. The fraction of sp³-hybridized carbons (Fsp3) is 0.207. The summed E-state index contributed by atoms with van der Waals surface area (Å²) in [7, 11) is 1.51. The lowest BCUT2D eigenvalue weighted by Gasteiger charge is -2.27. The van der Waals surface area contributed by atoms with Crippen molar-refractivity contribution in [2.24, 2.45) is 0 Å². The van der Waals surface area contributed by atoms with Gasteiger partial charge in [-0.15, -0.1) is 0 Å². The Labute approximate surface area is 198 Å². The highest BCUT2D eigenvalue weighted by Gasteiger charge is 2.29. The van der Waals surface area contributed by atoms with Crippen LogP contribution in [0.25, 0.3) is 10.9 Å². The van der Waals surface area contributed by atoms with Crippen molar-refractivity contribution in [3.63, 3.8) is 0 Å². The third kappa shape index (κ3) is 4.17. The molecule has 0 unspecified atom stereocenters. The number of benzene rings is 3. The second kappa shape index (κ2) is 9.48. The maximum absolute atomic E-state index is 13.4. The quantitative estimate of drug-likeness (QED) is 0.284. The van der Waals surface area contributed by atoms with Gasteiger partial charge < -0.3 is 9.47 Å². The van der Waals surface area contributed by atoms with Crippen LogP contribution in [0.4, 0.5) is 0 Å². The molecule has 0 amide bonds. The summed E-state index contributed by atoms with van der Waals surface area (Å²) in [5.74, 6) is -0.0357. The van der Waals surface area contributed by atoms with Gasteiger partial charge in [-0.3, -0.25) is 9.78 Å². The van der Waals surface area contributed by atoms with Crippen LogP contribution in [0.1, 0.15) is 49.9 Å². The summed E-state index contributed by atoms with van der Waals surface area (Å²) in [6.07, 6.45) is 2.48. The molecule has 0 bridgehead atoms. The van der Waals surface area contributed by atoms with Crippen LogP contribution in [0.5, 0.6) is 5.75 Å².